The van der Waals surface area contributed by atoms with E-state index in [1.807, 2.05) is 18.2 Å². The molecular weight excluding hydrogens is 252 g/mol. The summed E-state index contributed by atoms with van der Waals surface area (Å²) in [6, 6.07) is 8.87. The van der Waals surface area contributed by atoms with Crippen LogP contribution in [0.2, 0.25) is 0 Å². The topological polar surface area (TPSA) is 62.2 Å². The minimum Gasteiger partial charge on any atom is -0.478 e. The SMILES string of the molecule is CC1(CNc2ccc3c(C(=O)O)cccc3n2)CCC1. The Kier molecular flexibility index (Phi) is 3.08. The Balaban J connectivity index is 1.85. The highest BCUT2D eigenvalue weighted by atomic mass is 16.4. The number of fused-ring (bicyclic) bond motifs is 1. The van der Waals surface area contributed by atoms with E-state index >= 15 is 0 Å². The summed E-state index contributed by atoms with van der Waals surface area (Å²) in [5.74, 6) is -0.103. The zero-order valence-electron chi connectivity index (χ0n) is 11.5. The third-order valence-corrected chi connectivity index (χ3v) is 4.22. The van der Waals surface area contributed by atoms with Gasteiger partial charge in [-0.2, -0.15) is 0 Å². The number of carboxylic acid groups (broad SMARTS) is 1. The number of nitrogens with one attached hydrogen (secondary N) is 1. The van der Waals surface area contributed by atoms with Gasteiger partial charge in [0.2, 0.25) is 0 Å². The lowest BCUT2D eigenvalue weighted by Gasteiger charge is -2.38. The molecular formula is C16H18N2O2. The van der Waals surface area contributed by atoms with Gasteiger partial charge in [-0.3, -0.25) is 0 Å². The fraction of sp³-hybridized carbons (Fsp3) is 0.375. The largest absolute Gasteiger partial charge is 0.478 e. The van der Waals surface area contributed by atoms with Gasteiger partial charge in [-0.1, -0.05) is 19.4 Å². The van der Waals surface area contributed by atoms with Gasteiger partial charge in [0.15, 0.2) is 0 Å². The Morgan fingerprint density at radius 3 is 2.80 bits per heavy atom. The van der Waals surface area contributed by atoms with Crippen LogP contribution >= 0.6 is 0 Å². The van der Waals surface area contributed by atoms with Gasteiger partial charge in [0, 0.05) is 11.9 Å². The summed E-state index contributed by atoms with van der Waals surface area (Å²) in [5, 5.41) is 13.2. The highest BCUT2D eigenvalue weighted by molar-refractivity contribution is 6.02. The van der Waals surface area contributed by atoms with Crippen LogP contribution in [0.25, 0.3) is 10.9 Å². The Morgan fingerprint density at radius 1 is 1.35 bits per heavy atom. The molecule has 0 atom stereocenters. The number of rotatable bonds is 4. The summed E-state index contributed by atoms with van der Waals surface area (Å²) in [5.41, 5.74) is 1.40. The van der Waals surface area contributed by atoms with Gasteiger partial charge >= 0.3 is 5.97 Å². The first-order valence-corrected chi connectivity index (χ1v) is 6.94. The normalized spacial score (nSPS) is 16.6. The van der Waals surface area contributed by atoms with Crippen molar-refractivity contribution in [2.24, 2.45) is 5.41 Å². The lowest BCUT2D eigenvalue weighted by Crippen LogP contribution is -2.33. The van der Waals surface area contributed by atoms with Crippen molar-refractivity contribution in [2.75, 3.05) is 11.9 Å². The number of carboxylic acids is 1. The van der Waals surface area contributed by atoms with Crippen molar-refractivity contribution in [3.05, 3.63) is 35.9 Å². The molecule has 0 unspecified atom stereocenters. The monoisotopic (exact) mass is 270 g/mol. The van der Waals surface area contributed by atoms with Crippen LogP contribution in [-0.4, -0.2) is 22.6 Å². The average Bonchev–Trinajstić information content (AvgIpc) is 2.42. The van der Waals surface area contributed by atoms with Crippen molar-refractivity contribution in [1.82, 2.24) is 4.98 Å². The zero-order valence-corrected chi connectivity index (χ0v) is 11.5. The molecule has 0 aliphatic heterocycles. The molecule has 0 saturated heterocycles. The molecule has 2 aromatic rings. The van der Waals surface area contributed by atoms with Crippen LogP contribution in [0.1, 0.15) is 36.5 Å². The van der Waals surface area contributed by atoms with E-state index in [0.29, 0.717) is 21.9 Å². The summed E-state index contributed by atoms with van der Waals surface area (Å²) in [4.78, 5) is 15.7. The second-order valence-corrected chi connectivity index (χ2v) is 5.89. The van der Waals surface area contributed by atoms with E-state index in [1.165, 1.54) is 19.3 Å². The van der Waals surface area contributed by atoms with Crippen LogP contribution in [0.5, 0.6) is 0 Å². The van der Waals surface area contributed by atoms with E-state index in [9.17, 15) is 4.79 Å². The number of carbonyl (C=O) groups is 1. The molecule has 4 nitrogen and oxygen atoms in total. The van der Waals surface area contributed by atoms with Crippen LogP contribution in [-0.2, 0) is 0 Å². The molecule has 4 heteroatoms. The van der Waals surface area contributed by atoms with Gasteiger partial charge in [0.1, 0.15) is 5.82 Å². The van der Waals surface area contributed by atoms with Crippen LogP contribution in [0.3, 0.4) is 0 Å². The van der Waals surface area contributed by atoms with E-state index in [2.05, 4.69) is 17.2 Å². The molecule has 2 N–H and O–H groups in total. The number of hydrogen-bond donors (Lipinski definition) is 2. The first kappa shape index (κ1) is 12.9. The predicted molar refractivity (Wildman–Crippen MR) is 79.2 cm³/mol. The number of hydrogen-bond acceptors (Lipinski definition) is 3. The van der Waals surface area contributed by atoms with Crippen molar-refractivity contribution < 1.29 is 9.90 Å². The molecule has 1 saturated carbocycles. The van der Waals surface area contributed by atoms with E-state index in [1.54, 1.807) is 12.1 Å². The van der Waals surface area contributed by atoms with E-state index in [4.69, 9.17) is 5.11 Å². The maximum absolute atomic E-state index is 11.2. The van der Waals surface area contributed by atoms with Crippen LogP contribution < -0.4 is 5.32 Å². The van der Waals surface area contributed by atoms with E-state index in [0.717, 1.165) is 12.4 Å². The first-order chi connectivity index (χ1) is 9.57. The molecule has 0 bridgehead atoms. The fourth-order valence-electron chi connectivity index (χ4n) is 2.70. The van der Waals surface area contributed by atoms with Gasteiger partial charge in [0.25, 0.3) is 0 Å². The van der Waals surface area contributed by atoms with E-state index in [-0.39, 0.29) is 0 Å². The average molecular weight is 270 g/mol. The van der Waals surface area contributed by atoms with Gasteiger partial charge in [0.05, 0.1) is 11.1 Å². The maximum atomic E-state index is 11.2. The molecule has 3 rings (SSSR count). The third-order valence-electron chi connectivity index (χ3n) is 4.22. The second-order valence-electron chi connectivity index (χ2n) is 5.89. The molecule has 1 heterocycles. The Hall–Kier alpha value is -2.10. The molecule has 1 aliphatic carbocycles. The Bertz CT molecular complexity index is 663. The molecule has 1 aromatic carbocycles. The van der Waals surface area contributed by atoms with Gasteiger partial charge in [-0.05, 0) is 42.5 Å². The zero-order chi connectivity index (χ0) is 14.2. The predicted octanol–water partition coefficient (Wildman–Crippen LogP) is 3.54. The number of anilines is 1. The minimum atomic E-state index is -0.917. The molecule has 0 amide bonds. The molecule has 104 valence electrons. The first-order valence-electron chi connectivity index (χ1n) is 6.94. The van der Waals surface area contributed by atoms with Crippen molar-refractivity contribution in [3.63, 3.8) is 0 Å². The minimum absolute atomic E-state index is 0.299. The summed E-state index contributed by atoms with van der Waals surface area (Å²) in [7, 11) is 0. The molecule has 1 fully saturated rings. The standard InChI is InChI=1S/C16H18N2O2/c1-16(8-3-9-16)10-17-14-7-6-11-12(15(19)20)4-2-5-13(11)18-14/h2,4-7H,3,8-10H2,1H3,(H,17,18)(H,19,20). The Morgan fingerprint density at radius 2 is 2.15 bits per heavy atom. The van der Waals surface area contributed by atoms with Crippen molar-refractivity contribution >= 4 is 22.7 Å². The smallest absolute Gasteiger partial charge is 0.336 e. The van der Waals surface area contributed by atoms with Crippen molar-refractivity contribution in [3.8, 4) is 0 Å². The van der Waals surface area contributed by atoms with Gasteiger partial charge in [-0.25, -0.2) is 9.78 Å². The quantitative estimate of drug-likeness (QED) is 0.892. The molecule has 1 aromatic heterocycles. The number of aromatic nitrogens is 1. The molecule has 0 spiro atoms. The fourth-order valence-corrected chi connectivity index (χ4v) is 2.70. The molecule has 1 aliphatic rings. The van der Waals surface area contributed by atoms with Gasteiger partial charge < -0.3 is 10.4 Å². The molecule has 0 radical (unpaired) electrons. The number of pyridine rings is 1. The summed E-state index contributed by atoms with van der Waals surface area (Å²) < 4.78 is 0. The lowest BCUT2D eigenvalue weighted by molar-refractivity contribution is 0.0699. The number of aromatic carboxylic acids is 1. The van der Waals surface area contributed by atoms with Crippen LogP contribution in [0, 0.1) is 5.41 Å². The van der Waals surface area contributed by atoms with E-state index < -0.39 is 5.97 Å². The summed E-state index contributed by atoms with van der Waals surface area (Å²) in [6.07, 6.45) is 3.83. The Labute approximate surface area is 117 Å². The highest BCUT2D eigenvalue weighted by Crippen LogP contribution is 2.40. The maximum Gasteiger partial charge on any atom is 0.336 e. The second kappa shape index (κ2) is 4.78. The summed E-state index contributed by atoms with van der Waals surface area (Å²) >= 11 is 0. The van der Waals surface area contributed by atoms with Crippen molar-refractivity contribution in [2.45, 2.75) is 26.2 Å². The third kappa shape index (κ3) is 2.33. The number of nitrogens with zero attached hydrogens (tertiary/aromatic N) is 1. The molecule has 20 heavy (non-hydrogen) atoms. The highest BCUT2D eigenvalue weighted by Gasteiger charge is 2.31. The summed E-state index contributed by atoms with van der Waals surface area (Å²) in [6.45, 7) is 3.21. The van der Waals surface area contributed by atoms with Gasteiger partial charge in [-0.15, -0.1) is 0 Å². The lowest BCUT2D eigenvalue weighted by atomic mass is 9.70. The van der Waals surface area contributed by atoms with Crippen LogP contribution in [0.15, 0.2) is 30.3 Å². The number of benzene rings is 1. The van der Waals surface area contributed by atoms with Crippen LogP contribution in [0.4, 0.5) is 5.82 Å². The van der Waals surface area contributed by atoms with Crippen molar-refractivity contribution in [1.29, 1.82) is 0 Å².